The van der Waals surface area contributed by atoms with Gasteiger partial charge in [0.25, 0.3) is 0 Å². The summed E-state index contributed by atoms with van der Waals surface area (Å²) in [6, 6.07) is 38.8. The van der Waals surface area contributed by atoms with Crippen molar-refractivity contribution in [2.45, 2.75) is 58.0 Å². The van der Waals surface area contributed by atoms with Crippen LogP contribution in [-0.4, -0.2) is 33.3 Å². The topological polar surface area (TPSA) is 66.2 Å². The van der Waals surface area contributed by atoms with Crippen LogP contribution in [0.3, 0.4) is 0 Å². The van der Waals surface area contributed by atoms with E-state index in [-0.39, 0.29) is 5.41 Å². The molecule has 3 aromatic carbocycles. The van der Waals surface area contributed by atoms with E-state index in [1.54, 1.807) is 11.7 Å². The Balaban J connectivity index is 1.57. The number of aromatic nitrogens is 3. The van der Waals surface area contributed by atoms with Gasteiger partial charge in [0.2, 0.25) is 0 Å². The molecular weight excluding hydrogens is 606 g/mol. The molecule has 0 unspecified atom stereocenters. The minimum absolute atomic E-state index is 0.127. The van der Waals surface area contributed by atoms with Crippen molar-refractivity contribution >= 4 is 6.09 Å². The van der Waals surface area contributed by atoms with Crippen LogP contribution in [0.4, 0.5) is 4.79 Å². The summed E-state index contributed by atoms with van der Waals surface area (Å²) in [5.74, 6) is 0.721. The van der Waals surface area contributed by atoms with Crippen molar-refractivity contribution in [3.8, 4) is 39.5 Å². The summed E-state index contributed by atoms with van der Waals surface area (Å²) < 4.78 is 13.6. The highest BCUT2D eigenvalue weighted by atomic mass is 16.6. The Hall–Kier alpha value is -5.49. The quantitative estimate of drug-likeness (QED) is 0.186. The van der Waals surface area contributed by atoms with E-state index in [9.17, 15) is 4.79 Å². The molecule has 6 nitrogen and oxygen atoms in total. The van der Waals surface area contributed by atoms with Gasteiger partial charge in [-0.2, -0.15) is 0 Å². The van der Waals surface area contributed by atoms with E-state index in [1.165, 1.54) is 0 Å². The summed E-state index contributed by atoms with van der Waals surface area (Å²) in [7, 11) is 1.65. The number of methoxy groups -OCH3 is 1. The Bertz CT molecular complexity index is 2150. The minimum atomic E-state index is -0.941. The van der Waals surface area contributed by atoms with E-state index in [0.29, 0.717) is 11.4 Å². The van der Waals surface area contributed by atoms with Gasteiger partial charge in [0.15, 0.2) is 0 Å². The molecule has 1 aliphatic carbocycles. The molecule has 0 N–H and O–H groups in total. The predicted octanol–water partition coefficient (Wildman–Crippen LogP) is 10.1. The van der Waals surface area contributed by atoms with Crippen LogP contribution in [0.25, 0.3) is 33.8 Å². The van der Waals surface area contributed by atoms with Crippen molar-refractivity contribution < 1.29 is 14.3 Å². The molecule has 3 heterocycles. The number of carbonyl (C=O) groups is 1. The zero-order valence-corrected chi connectivity index (χ0v) is 29.1. The van der Waals surface area contributed by atoms with E-state index in [4.69, 9.17) is 19.4 Å². The number of nitrogens with zero attached hydrogens (tertiary/aromatic N) is 3. The van der Waals surface area contributed by atoms with Crippen molar-refractivity contribution in [1.82, 2.24) is 14.5 Å². The van der Waals surface area contributed by atoms with Gasteiger partial charge in [-0.3, -0.25) is 4.98 Å². The average Bonchev–Trinajstić information content (AvgIpc) is 3.66. The Morgan fingerprint density at radius 3 is 1.94 bits per heavy atom. The minimum Gasteiger partial charge on any atom is -0.496 e. The van der Waals surface area contributed by atoms with E-state index in [1.807, 2.05) is 81.6 Å². The molecular formula is C43H41N3O3. The summed E-state index contributed by atoms with van der Waals surface area (Å²) in [6.07, 6.45) is 1.40. The fourth-order valence-electron chi connectivity index (χ4n) is 7.04. The number of hydrogen-bond acceptors (Lipinski definition) is 5. The number of para-hydroxylation sites is 1. The molecule has 0 saturated heterocycles. The first-order chi connectivity index (χ1) is 23.4. The van der Waals surface area contributed by atoms with Crippen molar-refractivity contribution in [1.29, 1.82) is 0 Å². The summed E-state index contributed by atoms with van der Waals surface area (Å²) in [4.78, 5) is 24.9. The fourth-order valence-corrected chi connectivity index (χ4v) is 7.04. The van der Waals surface area contributed by atoms with Crippen molar-refractivity contribution in [3.63, 3.8) is 0 Å². The monoisotopic (exact) mass is 647 g/mol. The first-order valence-electron chi connectivity index (χ1n) is 16.7. The Kier molecular flexibility index (Phi) is 7.78. The van der Waals surface area contributed by atoms with Crippen LogP contribution >= 0.6 is 0 Å². The second kappa shape index (κ2) is 11.9. The standard InChI is InChI=1S/C43H41N3O3/c1-41(2,3)28-25-26-44-38(27-28)43(32-18-11-8-15-29(32)30-16-9-12-19-33(30)43)39-24-23-36(46(39)40(47)49-42(4,5)6)35-21-14-20-34(45-35)31-17-10-13-22-37(31)48-7/h8-27H,1-7H3. The van der Waals surface area contributed by atoms with Crippen LogP contribution in [0.2, 0.25) is 0 Å². The Morgan fingerprint density at radius 2 is 1.31 bits per heavy atom. The van der Waals surface area contributed by atoms with Crippen molar-refractivity contribution in [3.05, 3.63) is 150 Å². The third-order valence-corrected chi connectivity index (χ3v) is 9.20. The molecule has 49 heavy (non-hydrogen) atoms. The van der Waals surface area contributed by atoms with Gasteiger partial charge >= 0.3 is 6.09 Å². The molecule has 0 fully saturated rings. The molecule has 0 saturated carbocycles. The molecule has 0 amide bonds. The number of benzene rings is 3. The molecule has 246 valence electrons. The lowest BCUT2D eigenvalue weighted by atomic mass is 9.71. The zero-order valence-electron chi connectivity index (χ0n) is 29.1. The van der Waals surface area contributed by atoms with Crippen molar-refractivity contribution in [2.75, 3.05) is 7.11 Å². The molecule has 0 radical (unpaired) electrons. The second-order valence-electron chi connectivity index (χ2n) is 14.5. The van der Waals surface area contributed by atoms with Crippen molar-refractivity contribution in [2.24, 2.45) is 0 Å². The van der Waals surface area contributed by atoms with Gasteiger partial charge in [-0.1, -0.05) is 87.5 Å². The lowest BCUT2D eigenvalue weighted by molar-refractivity contribution is 0.0533. The first kappa shape index (κ1) is 32.1. The Labute approximate surface area is 288 Å². The average molecular weight is 648 g/mol. The summed E-state index contributed by atoms with van der Waals surface area (Å²) >= 11 is 0. The lowest BCUT2D eigenvalue weighted by Crippen LogP contribution is -2.36. The van der Waals surface area contributed by atoms with Crippen LogP contribution in [0.5, 0.6) is 5.75 Å². The number of ether oxygens (including phenoxy) is 2. The second-order valence-corrected chi connectivity index (χ2v) is 14.5. The molecule has 0 spiro atoms. The van der Waals surface area contributed by atoms with Gasteiger partial charge in [0, 0.05) is 11.8 Å². The lowest BCUT2D eigenvalue weighted by Gasteiger charge is -2.34. The van der Waals surface area contributed by atoms with E-state index < -0.39 is 17.1 Å². The van der Waals surface area contributed by atoms with Gasteiger partial charge in [-0.15, -0.1) is 0 Å². The molecule has 6 aromatic rings. The van der Waals surface area contributed by atoms with Crippen LogP contribution in [0.15, 0.2) is 121 Å². The maximum Gasteiger partial charge on any atom is 0.419 e. The van der Waals surface area contributed by atoms with Gasteiger partial charge in [0.1, 0.15) is 16.8 Å². The molecule has 3 aromatic heterocycles. The van der Waals surface area contributed by atoms with Crippen LogP contribution in [0.1, 0.15) is 69.6 Å². The zero-order chi connectivity index (χ0) is 34.6. The van der Waals surface area contributed by atoms with Gasteiger partial charge < -0.3 is 9.47 Å². The normalized spacial score (nSPS) is 13.4. The molecule has 0 atom stereocenters. The molecule has 0 bridgehead atoms. The molecule has 7 rings (SSSR count). The van der Waals surface area contributed by atoms with Crippen LogP contribution in [-0.2, 0) is 15.6 Å². The summed E-state index contributed by atoms with van der Waals surface area (Å²) in [5.41, 5.74) is 8.08. The first-order valence-corrected chi connectivity index (χ1v) is 16.7. The summed E-state index contributed by atoms with van der Waals surface area (Å²) in [5, 5.41) is 0. The summed E-state index contributed by atoms with van der Waals surface area (Å²) in [6.45, 7) is 12.3. The maximum atomic E-state index is 14.6. The SMILES string of the molecule is COc1ccccc1-c1cccc(-c2ccc(C3(c4cc(C(C)(C)C)ccn4)c4ccccc4-c4ccccc43)n2C(=O)OC(C)(C)C)n1. The number of carbonyl (C=O) groups excluding carboxylic acids is 1. The fraction of sp³-hybridized carbons (Fsp3) is 0.233. The third kappa shape index (κ3) is 5.41. The highest BCUT2D eigenvalue weighted by Crippen LogP contribution is 2.56. The van der Waals surface area contributed by atoms with E-state index in [0.717, 1.165) is 56.2 Å². The van der Waals surface area contributed by atoms with E-state index in [2.05, 4.69) is 81.4 Å². The highest BCUT2D eigenvalue weighted by molar-refractivity contribution is 5.88. The smallest absolute Gasteiger partial charge is 0.419 e. The number of hydrogen-bond donors (Lipinski definition) is 0. The van der Waals surface area contributed by atoms with Gasteiger partial charge in [-0.05, 0) is 103 Å². The maximum absolute atomic E-state index is 14.6. The van der Waals surface area contributed by atoms with Crippen LogP contribution < -0.4 is 4.74 Å². The molecule has 1 aliphatic rings. The predicted molar refractivity (Wildman–Crippen MR) is 195 cm³/mol. The number of rotatable bonds is 5. The number of pyridine rings is 2. The molecule has 6 heteroatoms. The Morgan fingerprint density at radius 1 is 0.694 bits per heavy atom. The van der Waals surface area contributed by atoms with E-state index >= 15 is 0 Å². The third-order valence-electron chi connectivity index (χ3n) is 9.20. The largest absolute Gasteiger partial charge is 0.496 e. The van der Waals surface area contributed by atoms with Gasteiger partial charge in [-0.25, -0.2) is 14.3 Å². The molecule has 0 aliphatic heterocycles. The van der Waals surface area contributed by atoms with Crippen LogP contribution in [0, 0.1) is 0 Å². The van der Waals surface area contributed by atoms with Gasteiger partial charge in [0.05, 0.1) is 35.6 Å². The number of fused-ring (bicyclic) bond motifs is 3. The highest BCUT2D eigenvalue weighted by Gasteiger charge is 2.50.